The number of benzene rings is 1. The molecule has 2 rings (SSSR count). The highest BCUT2D eigenvalue weighted by molar-refractivity contribution is 5.71. The van der Waals surface area contributed by atoms with Crippen molar-refractivity contribution in [3.63, 3.8) is 0 Å². The Balaban J connectivity index is 2.72. The van der Waals surface area contributed by atoms with Gasteiger partial charge in [0.1, 0.15) is 11.5 Å². The van der Waals surface area contributed by atoms with Gasteiger partial charge in [0.2, 0.25) is 0 Å². The molecule has 0 radical (unpaired) electrons. The maximum Gasteiger partial charge on any atom is 0.326 e. The van der Waals surface area contributed by atoms with E-state index in [0.717, 1.165) is 5.56 Å². The van der Waals surface area contributed by atoms with Crippen molar-refractivity contribution in [1.82, 2.24) is 9.97 Å². The Morgan fingerprint density at radius 2 is 1.79 bits per heavy atom. The SMILES string of the molecule is COc1ccc(-c2cc(=O)[nH]c(=O)[nH]2)c(OC)c1C. The lowest BCUT2D eigenvalue weighted by atomic mass is 10.1. The van der Waals surface area contributed by atoms with Gasteiger partial charge in [-0.15, -0.1) is 0 Å². The minimum absolute atomic E-state index is 0.399. The van der Waals surface area contributed by atoms with Crippen molar-refractivity contribution in [2.45, 2.75) is 6.92 Å². The van der Waals surface area contributed by atoms with E-state index in [2.05, 4.69) is 9.97 Å². The summed E-state index contributed by atoms with van der Waals surface area (Å²) >= 11 is 0. The molecule has 0 amide bonds. The zero-order valence-corrected chi connectivity index (χ0v) is 10.9. The van der Waals surface area contributed by atoms with E-state index in [1.807, 2.05) is 6.92 Å². The van der Waals surface area contributed by atoms with Gasteiger partial charge in [-0.05, 0) is 19.1 Å². The van der Waals surface area contributed by atoms with Crippen molar-refractivity contribution in [1.29, 1.82) is 0 Å². The molecule has 1 aromatic carbocycles. The molecule has 1 aromatic heterocycles. The Hall–Kier alpha value is -2.50. The summed E-state index contributed by atoms with van der Waals surface area (Å²) in [7, 11) is 3.09. The Kier molecular flexibility index (Phi) is 3.41. The molecule has 0 unspecified atom stereocenters. The molecule has 0 spiro atoms. The normalized spacial score (nSPS) is 10.3. The number of nitrogens with one attached hydrogen (secondary N) is 2. The van der Waals surface area contributed by atoms with E-state index in [0.29, 0.717) is 22.8 Å². The summed E-state index contributed by atoms with van der Waals surface area (Å²) in [5.41, 5.74) is 0.802. The van der Waals surface area contributed by atoms with Crippen LogP contribution in [0.4, 0.5) is 0 Å². The quantitative estimate of drug-likeness (QED) is 0.866. The molecule has 19 heavy (non-hydrogen) atoms. The van der Waals surface area contributed by atoms with Crippen molar-refractivity contribution < 1.29 is 9.47 Å². The van der Waals surface area contributed by atoms with E-state index < -0.39 is 11.2 Å². The van der Waals surface area contributed by atoms with Crippen LogP contribution in [0.15, 0.2) is 27.8 Å². The summed E-state index contributed by atoms with van der Waals surface area (Å²) in [6.07, 6.45) is 0. The van der Waals surface area contributed by atoms with Gasteiger partial charge in [-0.25, -0.2) is 4.79 Å². The van der Waals surface area contributed by atoms with Crippen molar-refractivity contribution in [2.75, 3.05) is 14.2 Å². The lowest BCUT2D eigenvalue weighted by Crippen LogP contribution is -2.21. The molecule has 0 bridgehead atoms. The third kappa shape index (κ3) is 2.37. The van der Waals surface area contributed by atoms with Crippen LogP contribution in [0.5, 0.6) is 11.5 Å². The number of H-pyrrole nitrogens is 2. The summed E-state index contributed by atoms with van der Waals surface area (Å²) in [6.45, 7) is 1.84. The fourth-order valence-corrected chi connectivity index (χ4v) is 1.98. The van der Waals surface area contributed by atoms with E-state index >= 15 is 0 Å². The minimum atomic E-state index is -0.557. The molecule has 0 fully saturated rings. The largest absolute Gasteiger partial charge is 0.496 e. The Bertz CT molecular complexity index is 687. The molecule has 0 atom stereocenters. The second-order valence-electron chi connectivity index (χ2n) is 3.98. The number of aromatic nitrogens is 2. The molecule has 100 valence electrons. The van der Waals surface area contributed by atoms with Crippen LogP contribution in [0.2, 0.25) is 0 Å². The Morgan fingerprint density at radius 3 is 2.37 bits per heavy atom. The molecule has 2 N–H and O–H groups in total. The van der Waals surface area contributed by atoms with Gasteiger partial charge in [-0.2, -0.15) is 0 Å². The third-order valence-corrected chi connectivity index (χ3v) is 2.83. The van der Waals surface area contributed by atoms with Gasteiger partial charge in [-0.3, -0.25) is 9.78 Å². The second kappa shape index (κ2) is 5.01. The Morgan fingerprint density at radius 1 is 1.05 bits per heavy atom. The highest BCUT2D eigenvalue weighted by Gasteiger charge is 2.13. The predicted molar refractivity (Wildman–Crippen MR) is 71.0 cm³/mol. The van der Waals surface area contributed by atoms with Crippen LogP contribution in [-0.2, 0) is 0 Å². The van der Waals surface area contributed by atoms with Crippen LogP contribution in [0.1, 0.15) is 5.56 Å². The topological polar surface area (TPSA) is 84.2 Å². The minimum Gasteiger partial charge on any atom is -0.496 e. The van der Waals surface area contributed by atoms with E-state index in [4.69, 9.17) is 9.47 Å². The van der Waals surface area contributed by atoms with Crippen LogP contribution in [-0.4, -0.2) is 24.2 Å². The van der Waals surface area contributed by atoms with Gasteiger partial charge in [0.15, 0.2) is 0 Å². The first-order chi connectivity index (χ1) is 9.06. The van der Waals surface area contributed by atoms with Crippen molar-refractivity contribution in [3.05, 3.63) is 44.6 Å². The molecule has 0 saturated heterocycles. The lowest BCUT2D eigenvalue weighted by Gasteiger charge is -2.14. The summed E-state index contributed by atoms with van der Waals surface area (Å²) in [5.74, 6) is 1.23. The zero-order chi connectivity index (χ0) is 14.0. The number of rotatable bonds is 3. The molecular weight excluding hydrogens is 248 g/mol. The van der Waals surface area contributed by atoms with E-state index in [9.17, 15) is 9.59 Å². The average molecular weight is 262 g/mol. The van der Waals surface area contributed by atoms with Gasteiger partial charge in [-0.1, -0.05) is 0 Å². The summed E-state index contributed by atoms with van der Waals surface area (Å²) in [6, 6.07) is 4.80. The average Bonchev–Trinajstić information content (AvgIpc) is 2.37. The second-order valence-corrected chi connectivity index (χ2v) is 3.98. The Labute approximate surface area is 109 Å². The molecule has 0 saturated carbocycles. The monoisotopic (exact) mass is 262 g/mol. The molecule has 0 aliphatic carbocycles. The van der Waals surface area contributed by atoms with E-state index in [1.54, 1.807) is 19.2 Å². The maximum atomic E-state index is 11.4. The molecule has 2 aromatic rings. The first kappa shape index (κ1) is 12.9. The number of hydrogen-bond donors (Lipinski definition) is 2. The van der Waals surface area contributed by atoms with Crippen LogP contribution in [0.25, 0.3) is 11.3 Å². The van der Waals surface area contributed by atoms with Gasteiger partial charge in [0.05, 0.1) is 19.9 Å². The van der Waals surface area contributed by atoms with E-state index in [1.165, 1.54) is 13.2 Å². The van der Waals surface area contributed by atoms with Crippen LogP contribution in [0.3, 0.4) is 0 Å². The molecule has 0 aliphatic rings. The summed E-state index contributed by atoms with van der Waals surface area (Å²) in [5, 5.41) is 0. The van der Waals surface area contributed by atoms with Crippen LogP contribution in [0, 0.1) is 6.92 Å². The van der Waals surface area contributed by atoms with E-state index in [-0.39, 0.29) is 0 Å². The highest BCUT2D eigenvalue weighted by Crippen LogP contribution is 2.36. The molecule has 1 heterocycles. The predicted octanol–water partition coefficient (Wildman–Crippen LogP) is 1.06. The fraction of sp³-hybridized carbons (Fsp3) is 0.231. The first-order valence-corrected chi connectivity index (χ1v) is 5.62. The van der Waals surface area contributed by atoms with Gasteiger partial charge < -0.3 is 14.5 Å². The van der Waals surface area contributed by atoms with Crippen LogP contribution < -0.4 is 20.7 Å². The number of methoxy groups -OCH3 is 2. The molecule has 6 heteroatoms. The fourth-order valence-electron chi connectivity index (χ4n) is 1.98. The highest BCUT2D eigenvalue weighted by atomic mass is 16.5. The van der Waals surface area contributed by atoms with Crippen LogP contribution >= 0.6 is 0 Å². The number of ether oxygens (including phenoxy) is 2. The number of aromatic amines is 2. The lowest BCUT2D eigenvalue weighted by molar-refractivity contribution is 0.390. The van der Waals surface area contributed by atoms with Crippen molar-refractivity contribution in [3.8, 4) is 22.8 Å². The van der Waals surface area contributed by atoms with Crippen molar-refractivity contribution >= 4 is 0 Å². The van der Waals surface area contributed by atoms with Crippen molar-refractivity contribution in [2.24, 2.45) is 0 Å². The smallest absolute Gasteiger partial charge is 0.326 e. The van der Waals surface area contributed by atoms with Gasteiger partial charge >= 0.3 is 5.69 Å². The molecule has 0 aliphatic heterocycles. The standard InChI is InChI=1S/C13H14N2O4/c1-7-10(18-2)5-4-8(12(7)19-3)9-6-11(16)15-13(17)14-9/h4-6H,1-3H3,(H2,14,15,16,17). The summed E-state index contributed by atoms with van der Waals surface area (Å²) < 4.78 is 10.5. The summed E-state index contributed by atoms with van der Waals surface area (Å²) in [4.78, 5) is 27.4. The third-order valence-electron chi connectivity index (χ3n) is 2.83. The molecular formula is C13H14N2O4. The van der Waals surface area contributed by atoms with Gasteiger partial charge in [0.25, 0.3) is 5.56 Å². The van der Waals surface area contributed by atoms with Gasteiger partial charge in [0, 0.05) is 17.2 Å². The maximum absolute atomic E-state index is 11.4. The zero-order valence-electron chi connectivity index (χ0n) is 10.9. The molecule has 6 nitrogen and oxygen atoms in total. The first-order valence-electron chi connectivity index (χ1n) is 5.62. The number of hydrogen-bond acceptors (Lipinski definition) is 4.